The maximum atomic E-state index is 5.48. The van der Waals surface area contributed by atoms with Gasteiger partial charge in [-0.25, -0.2) is 0 Å². The van der Waals surface area contributed by atoms with E-state index in [4.69, 9.17) is 9.47 Å². The Kier molecular flexibility index (Phi) is 5.45. The van der Waals surface area contributed by atoms with Gasteiger partial charge in [-0.1, -0.05) is 0 Å². The lowest BCUT2D eigenvalue weighted by atomic mass is 10.0. The fourth-order valence-electron chi connectivity index (χ4n) is 1.74. The monoisotopic (exact) mass is 201 g/mol. The van der Waals surface area contributed by atoms with Crippen LogP contribution in [-0.2, 0) is 9.47 Å². The standard InChI is InChI=1S/C11H23NO2/c1-9(2)13-7-5-12-11-4-6-14-10(3)8-11/h9-12H,4-8H2,1-3H3. The third kappa shape index (κ3) is 4.94. The molecule has 1 rings (SSSR count). The molecule has 1 N–H and O–H groups in total. The third-order valence-corrected chi connectivity index (χ3v) is 2.47. The zero-order valence-electron chi connectivity index (χ0n) is 9.58. The Morgan fingerprint density at radius 1 is 1.50 bits per heavy atom. The van der Waals surface area contributed by atoms with Crippen molar-refractivity contribution < 1.29 is 9.47 Å². The van der Waals surface area contributed by atoms with Gasteiger partial charge in [-0.05, 0) is 33.6 Å². The normalized spacial score (nSPS) is 28.3. The van der Waals surface area contributed by atoms with Crippen LogP contribution >= 0.6 is 0 Å². The summed E-state index contributed by atoms with van der Waals surface area (Å²) in [4.78, 5) is 0. The fraction of sp³-hybridized carbons (Fsp3) is 1.00. The van der Waals surface area contributed by atoms with Gasteiger partial charge in [0.15, 0.2) is 0 Å². The van der Waals surface area contributed by atoms with Gasteiger partial charge in [0, 0.05) is 19.2 Å². The van der Waals surface area contributed by atoms with Crippen LogP contribution in [0.25, 0.3) is 0 Å². The molecule has 84 valence electrons. The average Bonchev–Trinajstić information content (AvgIpc) is 2.12. The molecule has 0 aromatic heterocycles. The van der Waals surface area contributed by atoms with E-state index in [1.165, 1.54) is 0 Å². The van der Waals surface area contributed by atoms with Gasteiger partial charge in [0.2, 0.25) is 0 Å². The van der Waals surface area contributed by atoms with Gasteiger partial charge in [-0.3, -0.25) is 0 Å². The minimum atomic E-state index is 0.338. The highest BCUT2D eigenvalue weighted by molar-refractivity contribution is 4.74. The number of hydrogen-bond donors (Lipinski definition) is 1. The molecule has 2 unspecified atom stereocenters. The van der Waals surface area contributed by atoms with Gasteiger partial charge in [-0.15, -0.1) is 0 Å². The number of nitrogens with one attached hydrogen (secondary N) is 1. The Morgan fingerprint density at radius 3 is 2.93 bits per heavy atom. The summed E-state index contributed by atoms with van der Waals surface area (Å²) in [5, 5.41) is 3.50. The lowest BCUT2D eigenvalue weighted by Gasteiger charge is -2.28. The van der Waals surface area contributed by atoms with Crippen molar-refractivity contribution in [2.24, 2.45) is 0 Å². The summed E-state index contributed by atoms with van der Waals surface area (Å²) in [7, 11) is 0. The maximum Gasteiger partial charge on any atom is 0.0594 e. The summed E-state index contributed by atoms with van der Waals surface area (Å²) in [6.07, 6.45) is 3.01. The summed E-state index contributed by atoms with van der Waals surface area (Å²) in [5.74, 6) is 0. The van der Waals surface area contributed by atoms with Gasteiger partial charge in [0.1, 0.15) is 0 Å². The zero-order chi connectivity index (χ0) is 10.4. The van der Waals surface area contributed by atoms with Crippen LogP contribution in [0.1, 0.15) is 33.6 Å². The highest BCUT2D eigenvalue weighted by atomic mass is 16.5. The molecule has 0 aliphatic carbocycles. The third-order valence-electron chi connectivity index (χ3n) is 2.47. The first-order valence-electron chi connectivity index (χ1n) is 5.65. The Hall–Kier alpha value is -0.120. The van der Waals surface area contributed by atoms with Gasteiger partial charge < -0.3 is 14.8 Å². The second kappa shape index (κ2) is 6.38. The molecule has 3 heteroatoms. The lowest BCUT2D eigenvalue weighted by Crippen LogP contribution is -2.39. The highest BCUT2D eigenvalue weighted by Gasteiger charge is 2.18. The molecule has 1 aliphatic heterocycles. The molecule has 14 heavy (non-hydrogen) atoms. The van der Waals surface area contributed by atoms with Gasteiger partial charge >= 0.3 is 0 Å². The molecule has 0 aromatic rings. The molecule has 0 spiro atoms. The molecule has 0 radical (unpaired) electrons. The summed E-state index contributed by atoms with van der Waals surface area (Å²) in [6, 6.07) is 0.620. The van der Waals surface area contributed by atoms with E-state index in [-0.39, 0.29) is 0 Å². The van der Waals surface area contributed by atoms with Crippen molar-refractivity contribution in [2.75, 3.05) is 19.8 Å². The van der Waals surface area contributed by atoms with Crippen LogP contribution in [0.5, 0.6) is 0 Å². The smallest absolute Gasteiger partial charge is 0.0594 e. The predicted molar refractivity (Wildman–Crippen MR) is 57.5 cm³/mol. The molecule has 0 bridgehead atoms. The second-order valence-electron chi connectivity index (χ2n) is 4.28. The van der Waals surface area contributed by atoms with Crippen LogP contribution in [0.2, 0.25) is 0 Å². The quantitative estimate of drug-likeness (QED) is 0.685. The predicted octanol–water partition coefficient (Wildman–Crippen LogP) is 1.57. The Bertz CT molecular complexity index is 150. The largest absolute Gasteiger partial charge is 0.378 e. The van der Waals surface area contributed by atoms with Crippen LogP contribution < -0.4 is 5.32 Å². The first-order valence-corrected chi connectivity index (χ1v) is 5.65. The number of rotatable bonds is 5. The van der Waals surface area contributed by atoms with E-state index in [1.54, 1.807) is 0 Å². The minimum absolute atomic E-state index is 0.338. The molecule has 0 aromatic carbocycles. The maximum absolute atomic E-state index is 5.48. The fourth-order valence-corrected chi connectivity index (χ4v) is 1.74. The van der Waals surface area contributed by atoms with E-state index in [0.717, 1.165) is 32.6 Å². The van der Waals surface area contributed by atoms with Crippen molar-refractivity contribution in [1.29, 1.82) is 0 Å². The summed E-state index contributed by atoms with van der Waals surface area (Å²) >= 11 is 0. The second-order valence-corrected chi connectivity index (χ2v) is 4.28. The van der Waals surface area contributed by atoms with Gasteiger partial charge in [0.05, 0.1) is 18.8 Å². The average molecular weight is 201 g/mol. The van der Waals surface area contributed by atoms with Crippen molar-refractivity contribution in [1.82, 2.24) is 5.32 Å². The first-order chi connectivity index (χ1) is 6.68. The molecular weight excluding hydrogens is 178 g/mol. The van der Waals surface area contributed by atoms with Crippen molar-refractivity contribution in [3.05, 3.63) is 0 Å². The Labute approximate surface area is 87.2 Å². The summed E-state index contributed by atoms with van der Waals surface area (Å²) in [5.41, 5.74) is 0. The molecular formula is C11H23NO2. The van der Waals surface area contributed by atoms with E-state index in [1.807, 2.05) is 0 Å². The molecule has 2 atom stereocenters. The van der Waals surface area contributed by atoms with Crippen molar-refractivity contribution in [3.8, 4) is 0 Å². The highest BCUT2D eigenvalue weighted by Crippen LogP contribution is 2.12. The number of hydrogen-bond acceptors (Lipinski definition) is 3. The van der Waals surface area contributed by atoms with Gasteiger partial charge in [0.25, 0.3) is 0 Å². The molecule has 1 fully saturated rings. The Morgan fingerprint density at radius 2 is 2.29 bits per heavy atom. The van der Waals surface area contributed by atoms with Crippen LogP contribution in [-0.4, -0.2) is 38.0 Å². The van der Waals surface area contributed by atoms with E-state index in [2.05, 4.69) is 26.1 Å². The van der Waals surface area contributed by atoms with Crippen LogP contribution in [0.4, 0.5) is 0 Å². The molecule has 0 saturated carbocycles. The SMILES string of the molecule is CC(C)OCCNC1CCOC(C)C1. The molecule has 1 saturated heterocycles. The van der Waals surface area contributed by atoms with E-state index in [9.17, 15) is 0 Å². The Balaban J connectivity index is 2.00. The topological polar surface area (TPSA) is 30.5 Å². The van der Waals surface area contributed by atoms with Crippen molar-refractivity contribution >= 4 is 0 Å². The number of ether oxygens (including phenoxy) is 2. The summed E-state index contributed by atoms with van der Waals surface area (Å²) < 4.78 is 10.9. The molecule has 0 amide bonds. The van der Waals surface area contributed by atoms with Crippen molar-refractivity contribution in [3.63, 3.8) is 0 Å². The summed E-state index contributed by atoms with van der Waals surface area (Å²) in [6.45, 7) is 8.92. The molecule has 3 nitrogen and oxygen atoms in total. The van der Waals surface area contributed by atoms with Crippen LogP contribution in [0.15, 0.2) is 0 Å². The van der Waals surface area contributed by atoms with E-state index >= 15 is 0 Å². The van der Waals surface area contributed by atoms with Crippen LogP contribution in [0.3, 0.4) is 0 Å². The first kappa shape index (κ1) is 12.0. The van der Waals surface area contributed by atoms with E-state index < -0.39 is 0 Å². The van der Waals surface area contributed by atoms with Crippen molar-refractivity contribution in [2.45, 2.75) is 51.9 Å². The molecule has 1 heterocycles. The zero-order valence-corrected chi connectivity index (χ0v) is 9.58. The van der Waals surface area contributed by atoms with Crippen LogP contribution in [0, 0.1) is 0 Å². The van der Waals surface area contributed by atoms with Gasteiger partial charge in [-0.2, -0.15) is 0 Å². The molecule has 1 aliphatic rings. The van der Waals surface area contributed by atoms with E-state index in [0.29, 0.717) is 18.2 Å². The minimum Gasteiger partial charge on any atom is -0.378 e. The lowest BCUT2D eigenvalue weighted by molar-refractivity contribution is 0.0103.